The van der Waals surface area contributed by atoms with Gasteiger partial charge < -0.3 is 24.2 Å². The Morgan fingerprint density at radius 3 is 2.59 bits per heavy atom. The van der Waals surface area contributed by atoms with Crippen molar-refractivity contribution >= 4 is 23.5 Å². The Kier molecular flexibility index (Phi) is 6.09. The van der Waals surface area contributed by atoms with E-state index in [0.717, 1.165) is 32.0 Å². The molecule has 0 bridgehead atoms. The summed E-state index contributed by atoms with van der Waals surface area (Å²) >= 11 is 0. The van der Waals surface area contributed by atoms with Gasteiger partial charge in [0.25, 0.3) is 5.91 Å². The van der Waals surface area contributed by atoms with Crippen LogP contribution in [0.1, 0.15) is 10.4 Å². The Balaban J connectivity index is 1.33. The number of ether oxygens (including phenoxy) is 2. The van der Waals surface area contributed by atoms with Gasteiger partial charge in [-0.15, -0.1) is 0 Å². The van der Waals surface area contributed by atoms with Crippen LogP contribution in [0.15, 0.2) is 42.6 Å². The molecule has 3 saturated heterocycles. The minimum atomic E-state index is -0.995. The van der Waals surface area contributed by atoms with Crippen molar-refractivity contribution in [2.45, 2.75) is 5.60 Å². The van der Waals surface area contributed by atoms with Gasteiger partial charge in [0, 0.05) is 50.2 Å². The summed E-state index contributed by atoms with van der Waals surface area (Å²) in [5.41, 5.74) is 0.0855. The van der Waals surface area contributed by atoms with E-state index in [2.05, 4.69) is 21.8 Å². The molecule has 0 aliphatic carbocycles. The highest BCUT2D eigenvalue weighted by atomic mass is 19.1. The number of hydrogen-bond donors (Lipinski definition) is 0. The Labute approximate surface area is 197 Å². The van der Waals surface area contributed by atoms with E-state index < -0.39 is 11.7 Å². The molecule has 9 nitrogen and oxygen atoms in total. The molecule has 0 saturated carbocycles. The second-order valence-corrected chi connectivity index (χ2v) is 9.09. The van der Waals surface area contributed by atoms with Crippen LogP contribution in [0.5, 0.6) is 0 Å². The van der Waals surface area contributed by atoms with Crippen molar-refractivity contribution in [1.82, 2.24) is 14.8 Å². The monoisotopic (exact) mass is 469 g/mol. The highest BCUT2D eigenvalue weighted by molar-refractivity contribution is 5.95. The van der Waals surface area contributed by atoms with Crippen LogP contribution >= 0.6 is 0 Å². The summed E-state index contributed by atoms with van der Waals surface area (Å²) in [4.78, 5) is 38.2. The van der Waals surface area contributed by atoms with Crippen molar-refractivity contribution in [3.05, 3.63) is 54.0 Å². The van der Waals surface area contributed by atoms with E-state index in [0.29, 0.717) is 24.4 Å². The van der Waals surface area contributed by atoms with Crippen LogP contribution in [0.4, 0.5) is 20.7 Å². The number of likely N-dealkylation sites (N-methyl/N-ethyl adjacent to an activating group) is 1. The van der Waals surface area contributed by atoms with Crippen molar-refractivity contribution in [3.8, 4) is 0 Å². The maximum atomic E-state index is 13.5. The molecule has 3 aliphatic rings. The third kappa shape index (κ3) is 4.55. The second kappa shape index (κ2) is 9.19. The molecule has 1 atom stereocenters. The molecule has 180 valence electrons. The first-order chi connectivity index (χ1) is 16.4. The van der Waals surface area contributed by atoms with Gasteiger partial charge in [-0.05, 0) is 43.4 Å². The number of piperazine rings is 1. The zero-order chi connectivity index (χ0) is 23.7. The summed E-state index contributed by atoms with van der Waals surface area (Å²) in [5.74, 6) is 0.252. The quantitative estimate of drug-likeness (QED) is 0.679. The molecule has 10 heteroatoms. The molecule has 3 fully saturated rings. The molecule has 0 radical (unpaired) electrons. The smallest absolute Gasteiger partial charge is 0.415 e. The number of rotatable bonds is 3. The average Bonchev–Trinajstić information content (AvgIpc) is 3.03. The number of aromatic nitrogens is 1. The topological polar surface area (TPSA) is 78.5 Å². The number of anilines is 2. The molecular weight excluding hydrogens is 441 g/mol. The lowest BCUT2D eigenvalue weighted by atomic mass is 10.0. The minimum Gasteiger partial charge on any atom is -0.436 e. The van der Waals surface area contributed by atoms with Crippen LogP contribution in [-0.4, -0.2) is 98.5 Å². The Hall–Kier alpha value is -3.24. The van der Waals surface area contributed by atoms with Gasteiger partial charge in [0.05, 0.1) is 26.3 Å². The van der Waals surface area contributed by atoms with Crippen LogP contribution < -0.4 is 9.80 Å². The summed E-state index contributed by atoms with van der Waals surface area (Å²) in [6.07, 6.45) is 1.13. The third-order valence-corrected chi connectivity index (χ3v) is 6.57. The van der Waals surface area contributed by atoms with Crippen molar-refractivity contribution < 1.29 is 23.5 Å². The number of amides is 2. The van der Waals surface area contributed by atoms with Crippen LogP contribution in [0.3, 0.4) is 0 Å². The standard InChI is InChI=1S/C24H28FN5O4/c1-27-8-10-28(11-9-27)21-14-18(6-7-26-21)22(31)29-12-13-33-17-24(15-29)16-30(23(32)34-24)20-4-2-19(25)3-5-20/h2-7,14H,8-13,15-17H2,1H3/t24-/m0/s1. The number of carbonyl (C=O) groups excluding carboxylic acids is 2. The van der Waals surface area contributed by atoms with Gasteiger partial charge in [-0.1, -0.05) is 0 Å². The van der Waals surface area contributed by atoms with Crippen LogP contribution in [0.2, 0.25) is 0 Å². The largest absolute Gasteiger partial charge is 0.436 e. The molecule has 2 amide bonds. The maximum Gasteiger partial charge on any atom is 0.415 e. The molecule has 5 rings (SSSR count). The molecule has 1 aromatic heterocycles. The highest BCUT2D eigenvalue weighted by Gasteiger charge is 2.49. The van der Waals surface area contributed by atoms with Gasteiger partial charge in [0.1, 0.15) is 11.6 Å². The van der Waals surface area contributed by atoms with Gasteiger partial charge in [0.15, 0.2) is 5.60 Å². The van der Waals surface area contributed by atoms with Crippen molar-refractivity contribution in [2.24, 2.45) is 0 Å². The van der Waals surface area contributed by atoms with E-state index in [-0.39, 0.29) is 31.4 Å². The second-order valence-electron chi connectivity index (χ2n) is 9.09. The van der Waals surface area contributed by atoms with E-state index in [1.165, 1.54) is 29.2 Å². The molecule has 3 aliphatic heterocycles. The van der Waals surface area contributed by atoms with Crippen molar-refractivity contribution in [3.63, 3.8) is 0 Å². The number of halogens is 1. The van der Waals surface area contributed by atoms with Gasteiger partial charge in [-0.2, -0.15) is 0 Å². The van der Waals surface area contributed by atoms with Crippen molar-refractivity contribution in [1.29, 1.82) is 0 Å². The summed E-state index contributed by atoms with van der Waals surface area (Å²) in [7, 11) is 2.09. The molecule has 34 heavy (non-hydrogen) atoms. The zero-order valence-electron chi connectivity index (χ0n) is 19.2. The fourth-order valence-electron chi connectivity index (χ4n) is 4.62. The van der Waals surface area contributed by atoms with Gasteiger partial charge in [0.2, 0.25) is 0 Å². The van der Waals surface area contributed by atoms with E-state index in [1.807, 2.05) is 6.07 Å². The van der Waals surface area contributed by atoms with E-state index >= 15 is 0 Å². The lowest BCUT2D eigenvalue weighted by Crippen LogP contribution is -2.49. The zero-order valence-corrected chi connectivity index (χ0v) is 19.2. The first kappa shape index (κ1) is 22.5. The van der Waals surface area contributed by atoms with Gasteiger partial charge in [-0.3, -0.25) is 9.69 Å². The summed E-state index contributed by atoms with van der Waals surface area (Å²) in [6, 6.07) is 9.21. The van der Waals surface area contributed by atoms with Crippen LogP contribution in [0.25, 0.3) is 0 Å². The molecule has 1 aromatic carbocycles. The first-order valence-corrected chi connectivity index (χ1v) is 11.5. The fraction of sp³-hybridized carbons (Fsp3) is 0.458. The Bertz CT molecular complexity index is 1060. The van der Waals surface area contributed by atoms with E-state index in [1.54, 1.807) is 17.2 Å². The predicted octanol–water partition coefficient (Wildman–Crippen LogP) is 1.84. The molecule has 0 N–H and O–H groups in total. The average molecular weight is 470 g/mol. The normalized spacial score (nSPS) is 23.8. The van der Waals surface area contributed by atoms with Crippen LogP contribution in [-0.2, 0) is 9.47 Å². The molecular formula is C24H28FN5O4. The summed E-state index contributed by atoms with van der Waals surface area (Å²) in [6.45, 7) is 4.95. The minimum absolute atomic E-state index is 0.154. The number of nitrogens with zero attached hydrogens (tertiary/aromatic N) is 5. The summed E-state index contributed by atoms with van der Waals surface area (Å²) < 4.78 is 24.8. The lowest BCUT2D eigenvalue weighted by molar-refractivity contribution is -0.0140. The summed E-state index contributed by atoms with van der Waals surface area (Å²) in [5, 5.41) is 0. The van der Waals surface area contributed by atoms with Gasteiger partial charge in [-0.25, -0.2) is 14.2 Å². The molecule has 4 heterocycles. The fourth-order valence-corrected chi connectivity index (χ4v) is 4.62. The Morgan fingerprint density at radius 1 is 1.06 bits per heavy atom. The number of hydrogen-bond acceptors (Lipinski definition) is 7. The first-order valence-electron chi connectivity index (χ1n) is 11.5. The molecule has 2 aromatic rings. The molecule has 0 unspecified atom stereocenters. The van der Waals surface area contributed by atoms with E-state index in [4.69, 9.17) is 9.47 Å². The van der Waals surface area contributed by atoms with E-state index in [9.17, 15) is 14.0 Å². The third-order valence-electron chi connectivity index (χ3n) is 6.57. The maximum absolute atomic E-state index is 13.5. The number of pyridine rings is 1. The molecule has 1 spiro atoms. The predicted molar refractivity (Wildman–Crippen MR) is 124 cm³/mol. The highest BCUT2D eigenvalue weighted by Crippen LogP contribution is 2.31. The number of carbonyl (C=O) groups is 2. The van der Waals surface area contributed by atoms with Crippen molar-refractivity contribution in [2.75, 3.05) is 75.9 Å². The Morgan fingerprint density at radius 2 is 1.82 bits per heavy atom. The van der Waals surface area contributed by atoms with Gasteiger partial charge >= 0.3 is 6.09 Å². The lowest BCUT2D eigenvalue weighted by Gasteiger charge is -2.33. The number of benzene rings is 1. The van der Waals surface area contributed by atoms with Crippen LogP contribution in [0, 0.1) is 5.82 Å². The SMILES string of the molecule is CN1CCN(c2cc(C(=O)N3CCOC[C@]4(C3)CN(c3ccc(F)cc3)C(=O)O4)ccn2)CC1.